The summed E-state index contributed by atoms with van der Waals surface area (Å²) in [5, 5.41) is 1.26. The molecule has 164 valence electrons. The summed E-state index contributed by atoms with van der Waals surface area (Å²) in [4.78, 5) is 34.6. The second-order valence-corrected chi connectivity index (χ2v) is 12.1. The summed E-state index contributed by atoms with van der Waals surface area (Å²) < 4.78 is 5.69. The van der Waals surface area contributed by atoms with E-state index >= 15 is 0 Å². The van der Waals surface area contributed by atoms with Gasteiger partial charge in [-0.3, -0.25) is 9.59 Å². The molecule has 0 aliphatic heterocycles. The molecule has 5 nitrogen and oxygen atoms in total. The Morgan fingerprint density at radius 2 is 1.97 bits per heavy atom. The van der Waals surface area contributed by atoms with Crippen molar-refractivity contribution >= 4 is 39.3 Å². The smallest absolute Gasteiger partial charge is 0.316 e. The fourth-order valence-corrected chi connectivity index (χ4v) is 6.88. The highest BCUT2D eigenvalue weighted by Crippen LogP contribution is 2.39. The van der Waals surface area contributed by atoms with Crippen LogP contribution in [0.1, 0.15) is 70.2 Å². The molecule has 1 atom stereocenters. The third-order valence-corrected chi connectivity index (χ3v) is 8.66. The standard InChI is InChI=1S/C23H32N2O3S2/c1-13-5-10-16-17(11-13)30-21-19(16)20(27)24-22(25-21)29-12-18(26)28-15-8-6-14(7-9-15)23(2,3)4/h13-15H,5-12H2,1-4H3,(H,24,25,27). The molecule has 1 saturated carbocycles. The molecule has 1 N–H and O–H groups in total. The van der Waals surface area contributed by atoms with Crippen LogP contribution in [-0.4, -0.2) is 27.8 Å². The first-order valence-corrected chi connectivity index (χ1v) is 12.9. The molecule has 2 aliphatic carbocycles. The number of thiophene rings is 1. The number of aromatic nitrogens is 2. The van der Waals surface area contributed by atoms with Crippen LogP contribution >= 0.6 is 23.1 Å². The van der Waals surface area contributed by atoms with Gasteiger partial charge < -0.3 is 9.72 Å². The summed E-state index contributed by atoms with van der Waals surface area (Å²) in [6, 6.07) is 0. The van der Waals surface area contributed by atoms with Crippen molar-refractivity contribution in [3.63, 3.8) is 0 Å². The molecular weight excluding hydrogens is 416 g/mol. The van der Waals surface area contributed by atoms with Gasteiger partial charge in [-0.05, 0) is 67.8 Å². The molecule has 2 aromatic rings. The van der Waals surface area contributed by atoms with Gasteiger partial charge >= 0.3 is 5.97 Å². The lowest BCUT2D eigenvalue weighted by atomic mass is 9.72. The van der Waals surface area contributed by atoms with E-state index in [4.69, 9.17) is 4.74 Å². The predicted molar refractivity (Wildman–Crippen MR) is 123 cm³/mol. The van der Waals surface area contributed by atoms with Crippen LogP contribution in [0, 0.1) is 17.3 Å². The molecule has 0 bridgehead atoms. The van der Waals surface area contributed by atoms with Gasteiger partial charge in [0.25, 0.3) is 5.56 Å². The number of thioether (sulfide) groups is 1. The first-order valence-electron chi connectivity index (χ1n) is 11.1. The number of esters is 1. The molecule has 30 heavy (non-hydrogen) atoms. The lowest BCUT2D eigenvalue weighted by Crippen LogP contribution is -2.30. The SMILES string of the molecule is CC1CCc2c(sc3nc(SCC(=O)OC4CCC(C(C)(C)C)CC4)[nH]c(=O)c23)C1. The van der Waals surface area contributed by atoms with Crippen molar-refractivity contribution in [3.8, 4) is 0 Å². The summed E-state index contributed by atoms with van der Waals surface area (Å²) in [7, 11) is 0. The van der Waals surface area contributed by atoms with Crippen molar-refractivity contribution in [2.24, 2.45) is 17.3 Å². The number of fused-ring (bicyclic) bond motifs is 3. The number of aromatic amines is 1. The van der Waals surface area contributed by atoms with Crippen LogP contribution in [0.3, 0.4) is 0 Å². The Morgan fingerprint density at radius 1 is 1.23 bits per heavy atom. The number of hydrogen-bond donors (Lipinski definition) is 1. The number of hydrogen-bond acceptors (Lipinski definition) is 6. The molecule has 0 saturated heterocycles. The minimum absolute atomic E-state index is 0.0252. The van der Waals surface area contributed by atoms with Crippen molar-refractivity contribution in [3.05, 3.63) is 20.8 Å². The molecule has 1 fully saturated rings. The quantitative estimate of drug-likeness (QED) is 0.388. The Labute approximate surface area is 186 Å². The summed E-state index contributed by atoms with van der Waals surface area (Å²) in [5.74, 6) is 1.31. The van der Waals surface area contributed by atoms with Crippen LogP contribution in [0.2, 0.25) is 0 Å². The zero-order chi connectivity index (χ0) is 21.5. The number of carbonyl (C=O) groups excluding carboxylic acids is 1. The number of carbonyl (C=O) groups is 1. The number of H-pyrrole nitrogens is 1. The molecule has 2 heterocycles. The van der Waals surface area contributed by atoms with Crippen molar-refractivity contribution < 1.29 is 9.53 Å². The van der Waals surface area contributed by atoms with Crippen LogP contribution in [0.5, 0.6) is 0 Å². The Balaban J connectivity index is 1.35. The molecule has 7 heteroatoms. The van der Waals surface area contributed by atoms with Crippen LogP contribution in [0.4, 0.5) is 0 Å². The number of ether oxygens (including phenoxy) is 1. The summed E-state index contributed by atoms with van der Waals surface area (Å²) in [5.41, 5.74) is 1.42. The van der Waals surface area contributed by atoms with E-state index in [1.807, 2.05) is 0 Å². The van der Waals surface area contributed by atoms with Gasteiger partial charge in [-0.25, -0.2) is 4.98 Å². The second kappa shape index (κ2) is 8.65. The molecule has 0 radical (unpaired) electrons. The van der Waals surface area contributed by atoms with Gasteiger partial charge in [-0.2, -0.15) is 0 Å². The zero-order valence-electron chi connectivity index (χ0n) is 18.4. The topological polar surface area (TPSA) is 72.0 Å². The largest absolute Gasteiger partial charge is 0.462 e. The van der Waals surface area contributed by atoms with E-state index in [0.29, 0.717) is 22.4 Å². The maximum atomic E-state index is 12.7. The lowest BCUT2D eigenvalue weighted by molar-refractivity contribution is -0.148. The van der Waals surface area contributed by atoms with Gasteiger partial charge in [-0.1, -0.05) is 39.5 Å². The van der Waals surface area contributed by atoms with E-state index in [2.05, 4.69) is 37.7 Å². The molecular formula is C23H32N2O3S2. The van der Waals surface area contributed by atoms with Crippen LogP contribution in [0.25, 0.3) is 10.2 Å². The minimum atomic E-state index is -0.221. The normalized spacial score (nSPS) is 24.6. The molecule has 0 aromatic carbocycles. The fraction of sp³-hybridized carbons (Fsp3) is 0.696. The number of nitrogens with one attached hydrogen (secondary N) is 1. The van der Waals surface area contributed by atoms with Gasteiger partial charge in [0.2, 0.25) is 0 Å². The highest BCUT2D eigenvalue weighted by molar-refractivity contribution is 7.99. The third-order valence-electron chi connectivity index (χ3n) is 6.67. The predicted octanol–water partition coefficient (Wildman–Crippen LogP) is 5.35. The number of rotatable bonds is 4. The van der Waals surface area contributed by atoms with Crippen LogP contribution < -0.4 is 5.56 Å². The van der Waals surface area contributed by atoms with Crippen LogP contribution in [-0.2, 0) is 22.4 Å². The zero-order valence-corrected chi connectivity index (χ0v) is 20.0. The van der Waals surface area contributed by atoms with Crippen molar-refractivity contribution in [2.45, 2.75) is 83.9 Å². The van der Waals surface area contributed by atoms with E-state index in [9.17, 15) is 9.59 Å². The third kappa shape index (κ3) is 4.77. The summed E-state index contributed by atoms with van der Waals surface area (Å²) in [6.07, 6.45) is 7.25. The van der Waals surface area contributed by atoms with E-state index in [0.717, 1.165) is 55.2 Å². The van der Waals surface area contributed by atoms with E-state index in [1.54, 1.807) is 11.3 Å². The number of nitrogens with zero attached hydrogens (tertiary/aromatic N) is 1. The monoisotopic (exact) mass is 448 g/mol. The maximum absolute atomic E-state index is 12.7. The molecule has 2 aromatic heterocycles. The average Bonchev–Trinajstić information content (AvgIpc) is 3.04. The highest BCUT2D eigenvalue weighted by Gasteiger charge is 2.31. The Kier molecular flexibility index (Phi) is 6.31. The van der Waals surface area contributed by atoms with Gasteiger partial charge in [0.1, 0.15) is 10.9 Å². The number of aryl methyl sites for hydroxylation is 1. The molecule has 4 rings (SSSR count). The molecule has 2 aliphatic rings. The fourth-order valence-electron chi connectivity index (χ4n) is 4.79. The molecule has 0 spiro atoms. The first kappa shape index (κ1) is 21.9. The van der Waals surface area contributed by atoms with Crippen molar-refractivity contribution in [2.75, 3.05) is 5.75 Å². The Bertz CT molecular complexity index is 981. The van der Waals surface area contributed by atoms with Crippen LogP contribution in [0.15, 0.2) is 9.95 Å². The van der Waals surface area contributed by atoms with E-state index in [1.165, 1.54) is 22.2 Å². The van der Waals surface area contributed by atoms with Gasteiger partial charge in [0.15, 0.2) is 5.16 Å². The average molecular weight is 449 g/mol. The Hall–Kier alpha value is -1.34. The lowest BCUT2D eigenvalue weighted by Gasteiger charge is -2.36. The minimum Gasteiger partial charge on any atom is -0.462 e. The Morgan fingerprint density at radius 3 is 2.67 bits per heavy atom. The summed E-state index contributed by atoms with van der Waals surface area (Å²) in [6.45, 7) is 9.12. The van der Waals surface area contributed by atoms with E-state index < -0.39 is 0 Å². The molecule has 1 unspecified atom stereocenters. The summed E-state index contributed by atoms with van der Waals surface area (Å²) >= 11 is 2.90. The maximum Gasteiger partial charge on any atom is 0.316 e. The van der Waals surface area contributed by atoms with Gasteiger partial charge in [-0.15, -0.1) is 11.3 Å². The van der Waals surface area contributed by atoms with E-state index in [-0.39, 0.29) is 23.4 Å². The van der Waals surface area contributed by atoms with Crippen molar-refractivity contribution in [1.29, 1.82) is 0 Å². The van der Waals surface area contributed by atoms with Gasteiger partial charge in [0, 0.05) is 4.88 Å². The molecule has 0 amide bonds. The van der Waals surface area contributed by atoms with Crippen molar-refractivity contribution in [1.82, 2.24) is 9.97 Å². The highest BCUT2D eigenvalue weighted by atomic mass is 32.2. The second-order valence-electron chi connectivity index (χ2n) is 10.0. The van der Waals surface area contributed by atoms with Gasteiger partial charge in [0.05, 0.1) is 11.1 Å². The first-order chi connectivity index (χ1) is 14.2.